The molecule has 0 rings (SSSR count). The van der Waals surface area contributed by atoms with E-state index in [4.69, 9.17) is 26.6 Å². The summed E-state index contributed by atoms with van der Waals surface area (Å²) in [5, 5.41) is 0. The fourth-order valence-electron chi connectivity index (χ4n) is 5.33. The predicted molar refractivity (Wildman–Crippen MR) is 161 cm³/mol. The van der Waals surface area contributed by atoms with Crippen LogP contribution in [0.5, 0.6) is 0 Å². The molecule has 0 aromatic carbocycles. The van der Waals surface area contributed by atoms with E-state index in [1.54, 1.807) is 0 Å². The van der Waals surface area contributed by atoms with E-state index < -0.39 is 17.6 Å². The van der Waals surface area contributed by atoms with Gasteiger partial charge in [0.2, 0.25) is 0 Å². The van der Waals surface area contributed by atoms with Crippen LogP contribution in [0.1, 0.15) is 132 Å². The minimum atomic E-state index is -2.66. The lowest BCUT2D eigenvalue weighted by molar-refractivity contribution is -0.119. The van der Waals surface area contributed by atoms with E-state index >= 15 is 0 Å². The number of carbonyl (C=O) groups excluding carboxylic acids is 1. The van der Waals surface area contributed by atoms with Gasteiger partial charge in [0.15, 0.2) is 0 Å². The molecule has 0 fully saturated rings. The molecule has 0 amide bonds. The smallest absolute Gasteiger partial charge is 0.374 e. The molecule has 0 heterocycles. The van der Waals surface area contributed by atoms with E-state index in [2.05, 4.69) is 13.8 Å². The molecule has 7 nitrogen and oxygen atoms in total. The molecular formula is C29H62O7Si2. The van der Waals surface area contributed by atoms with Crippen LogP contribution in [0.25, 0.3) is 0 Å². The molecule has 0 aliphatic heterocycles. The van der Waals surface area contributed by atoms with Gasteiger partial charge >= 0.3 is 17.6 Å². The first kappa shape index (κ1) is 37.9. The summed E-state index contributed by atoms with van der Waals surface area (Å²) in [4.78, 5) is 12.5. The molecule has 0 bridgehead atoms. The quantitative estimate of drug-likeness (QED) is 0.0685. The second-order valence-corrected chi connectivity index (χ2v) is 15.5. The third-order valence-electron chi connectivity index (χ3n) is 7.08. The van der Waals surface area contributed by atoms with Crippen molar-refractivity contribution in [2.45, 2.75) is 144 Å². The average Bonchev–Trinajstić information content (AvgIpc) is 2.89. The first-order chi connectivity index (χ1) is 18.4. The summed E-state index contributed by atoms with van der Waals surface area (Å²) < 4.78 is 36.7. The second-order valence-electron chi connectivity index (χ2n) is 9.75. The highest BCUT2D eigenvalue weighted by Crippen LogP contribution is 2.35. The Morgan fingerprint density at radius 1 is 0.474 bits per heavy atom. The molecule has 0 aromatic heterocycles. The van der Waals surface area contributed by atoms with Crippen molar-refractivity contribution in [3.8, 4) is 0 Å². The highest BCUT2D eigenvalue weighted by atomic mass is 28.4. The molecule has 0 aliphatic carbocycles. The maximum atomic E-state index is 12.5. The average molecular weight is 579 g/mol. The van der Waals surface area contributed by atoms with Crippen LogP contribution in [-0.4, -0.2) is 63.0 Å². The van der Waals surface area contributed by atoms with Crippen LogP contribution in [0.4, 0.5) is 0 Å². The van der Waals surface area contributed by atoms with E-state index in [-0.39, 0.29) is 0 Å². The summed E-state index contributed by atoms with van der Waals surface area (Å²) in [6.07, 6.45) is 11.6. The van der Waals surface area contributed by atoms with Gasteiger partial charge in [0.25, 0.3) is 0 Å². The Bertz CT molecular complexity index is 485. The van der Waals surface area contributed by atoms with E-state index in [1.165, 1.54) is 0 Å². The largest absolute Gasteiger partial charge is 0.504 e. The summed E-state index contributed by atoms with van der Waals surface area (Å²) >= 11 is 0. The number of hydrogen-bond donors (Lipinski definition) is 0. The van der Waals surface area contributed by atoms with E-state index in [9.17, 15) is 4.79 Å². The van der Waals surface area contributed by atoms with Crippen molar-refractivity contribution in [1.82, 2.24) is 0 Å². The number of rotatable bonds is 28. The van der Waals surface area contributed by atoms with Crippen LogP contribution in [-0.2, 0) is 31.4 Å². The molecule has 0 N–H and O–H groups in total. The van der Waals surface area contributed by atoms with E-state index in [0.717, 1.165) is 64.2 Å². The zero-order chi connectivity index (χ0) is 28.7. The van der Waals surface area contributed by atoms with Crippen molar-refractivity contribution >= 4 is 23.4 Å². The van der Waals surface area contributed by atoms with Gasteiger partial charge in [-0.3, -0.25) is 4.79 Å². The van der Waals surface area contributed by atoms with Gasteiger partial charge in [0.1, 0.15) is 5.78 Å². The Balaban J connectivity index is 4.41. The lowest BCUT2D eigenvalue weighted by atomic mass is 10.0. The van der Waals surface area contributed by atoms with Crippen LogP contribution in [0.15, 0.2) is 0 Å². The minimum absolute atomic E-state index is 0.319. The van der Waals surface area contributed by atoms with E-state index in [0.29, 0.717) is 69.3 Å². The Morgan fingerprint density at radius 2 is 0.763 bits per heavy atom. The van der Waals surface area contributed by atoms with Crippen LogP contribution < -0.4 is 0 Å². The van der Waals surface area contributed by atoms with Crippen molar-refractivity contribution in [2.75, 3.05) is 39.6 Å². The van der Waals surface area contributed by atoms with Gasteiger partial charge in [-0.05, 0) is 80.1 Å². The fraction of sp³-hybridized carbons (Fsp3) is 0.966. The zero-order valence-corrected chi connectivity index (χ0v) is 28.2. The molecule has 9 heteroatoms. The highest BCUT2D eigenvalue weighted by molar-refractivity contribution is 6.62. The second kappa shape index (κ2) is 23.6. The molecule has 2 unspecified atom stereocenters. The van der Waals surface area contributed by atoms with Gasteiger partial charge in [-0.25, -0.2) is 0 Å². The maximum Gasteiger partial charge on any atom is 0.504 e. The minimum Gasteiger partial charge on any atom is -0.374 e. The standard InChI is InChI=1S/C29H62O7Si2/c1-9-28(37(31-11-3,32-12-4)33-13-5)25-21-17-19-23-27(30)24-20-18-22-26-29(10-2)38(34-14-6,35-15-7)36-16-8/h28-29H,9-26H2,1-8H3. The molecule has 38 heavy (non-hydrogen) atoms. The molecule has 0 radical (unpaired) electrons. The predicted octanol–water partition coefficient (Wildman–Crippen LogP) is 8.11. The van der Waals surface area contributed by atoms with Crippen molar-refractivity contribution in [3.63, 3.8) is 0 Å². The number of carbonyl (C=O) groups is 1. The third-order valence-corrected chi connectivity index (χ3v) is 14.6. The van der Waals surface area contributed by atoms with Crippen molar-refractivity contribution in [2.24, 2.45) is 0 Å². The molecule has 0 aromatic rings. The number of ketones is 1. The summed E-state index contributed by atoms with van der Waals surface area (Å²) in [5.41, 5.74) is 0.639. The van der Waals surface area contributed by atoms with E-state index in [1.807, 2.05) is 41.5 Å². The van der Waals surface area contributed by atoms with Crippen LogP contribution in [0, 0.1) is 0 Å². The van der Waals surface area contributed by atoms with Crippen molar-refractivity contribution in [3.05, 3.63) is 0 Å². The van der Waals surface area contributed by atoms with Crippen LogP contribution >= 0.6 is 0 Å². The molecule has 228 valence electrons. The molecule has 0 saturated heterocycles. The Hall–Kier alpha value is -0.136. The summed E-state index contributed by atoms with van der Waals surface area (Å²) in [6.45, 7) is 20.2. The number of Topliss-reactive ketones (excluding diaryl/α,β-unsaturated/α-hetero) is 1. The summed E-state index contributed by atoms with van der Waals surface area (Å²) in [7, 11) is -5.32. The first-order valence-electron chi connectivity index (χ1n) is 15.7. The van der Waals surface area contributed by atoms with Crippen LogP contribution in [0.3, 0.4) is 0 Å². The normalized spacial score (nSPS) is 14.1. The fourth-order valence-corrected chi connectivity index (χ4v) is 11.8. The lowest BCUT2D eigenvalue weighted by Gasteiger charge is -2.35. The Kier molecular flexibility index (Phi) is 23.5. The molecule has 0 saturated carbocycles. The number of unbranched alkanes of at least 4 members (excludes halogenated alkanes) is 4. The Labute approximate surface area is 237 Å². The van der Waals surface area contributed by atoms with Gasteiger partial charge in [-0.2, -0.15) is 0 Å². The van der Waals surface area contributed by atoms with Crippen molar-refractivity contribution in [1.29, 1.82) is 0 Å². The lowest BCUT2D eigenvalue weighted by Crippen LogP contribution is -2.50. The summed E-state index contributed by atoms with van der Waals surface area (Å²) in [5.74, 6) is 0.396. The van der Waals surface area contributed by atoms with Gasteiger partial charge < -0.3 is 26.6 Å². The molecule has 0 spiro atoms. The monoisotopic (exact) mass is 578 g/mol. The van der Waals surface area contributed by atoms with Crippen LogP contribution in [0.2, 0.25) is 11.1 Å². The molecule has 0 aliphatic rings. The SMILES string of the molecule is CCO[Si](OCC)(OCC)C(CC)CCCCCC(=O)CCCCCC(CC)[Si](OCC)(OCC)OCC. The zero-order valence-electron chi connectivity index (χ0n) is 26.2. The first-order valence-corrected chi connectivity index (χ1v) is 19.3. The van der Waals surface area contributed by atoms with Crippen molar-refractivity contribution < 1.29 is 31.4 Å². The third kappa shape index (κ3) is 14.0. The van der Waals surface area contributed by atoms with Gasteiger partial charge in [-0.15, -0.1) is 0 Å². The maximum absolute atomic E-state index is 12.5. The molecular weight excluding hydrogens is 516 g/mol. The number of hydrogen-bond acceptors (Lipinski definition) is 7. The topological polar surface area (TPSA) is 72.5 Å². The summed E-state index contributed by atoms with van der Waals surface area (Å²) in [6, 6.07) is 0. The Morgan fingerprint density at radius 3 is 1.00 bits per heavy atom. The van der Waals surface area contributed by atoms with Gasteiger partial charge in [-0.1, -0.05) is 39.5 Å². The van der Waals surface area contributed by atoms with Gasteiger partial charge in [0.05, 0.1) is 0 Å². The highest BCUT2D eigenvalue weighted by Gasteiger charge is 2.48. The van der Waals surface area contributed by atoms with Gasteiger partial charge in [0, 0.05) is 63.6 Å². The molecule has 2 atom stereocenters.